The summed E-state index contributed by atoms with van der Waals surface area (Å²) in [5, 5.41) is 0. The molecule has 4 nitrogen and oxygen atoms in total. The maximum Gasteiger partial charge on any atom is 0.118 e. The van der Waals surface area contributed by atoms with Gasteiger partial charge in [0.1, 0.15) is 24.4 Å². The molecular weight excluding hydrogens is 198 g/mol. The van der Waals surface area contributed by atoms with E-state index < -0.39 is 0 Å². The molecule has 0 N–H and O–H groups in total. The average Bonchev–Trinajstić information content (AvgIpc) is 2.85. The van der Waals surface area contributed by atoms with Crippen molar-refractivity contribution in [2.75, 3.05) is 13.2 Å². The van der Waals surface area contributed by atoms with Crippen molar-refractivity contribution in [2.24, 2.45) is 0 Å². The minimum absolute atomic E-state index is 0.0278. The lowest BCUT2D eigenvalue weighted by Gasteiger charge is -2.20. The molecule has 0 aromatic carbocycles. The zero-order valence-electron chi connectivity index (χ0n) is 6.51. The molecule has 0 radical (unpaired) electrons. The standard InChI is InChI=1S/C6H12O4P2/c11-9-5(3-1-7-3)6(10-12)4-2-8-4/h3-6H,1-2,11-12H2. The van der Waals surface area contributed by atoms with Gasteiger partial charge in [0.2, 0.25) is 0 Å². The Morgan fingerprint density at radius 2 is 1.33 bits per heavy atom. The molecule has 12 heavy (non-hydrogen) atoms. The van der Waals surface area contributed by atoms with Crippen LogP contribution in [0.1, 0.15) is 0 Å². The highest BCUT2D eigenvalue weighted by molar-refractivity contribution is 7.10. The van der Waals surface area contributed by atoms with Crippen molar-refractivity contribution in [2.45, 2.75) is 24.4 Å². The minimum atomic E-state index is -0.0278. The molecule has 2 fully saturated rings. The van der Waals surface area contributed by atoms with Gasteiger partial charge in [-0.15, -0.1) is 0 Å². The van der Waals surface area contributed by atoms with Crippen LogP contribution in [0.2, 0.25) is 0 Å². The maximum absolute atomic E-state index is 5.20. The Labute approximate surface area is 75.8 Å². The van der Waals surface area contributed by atoms with Crippen molar-refractivity contribution in [3.63, 3.8) is 0 Å². The van der Waals surface area contributed by atoms with Gasteiger partial charge in [-0.2, -0.15) is 0 Å². The largest absolute Gasteiger partial charge is 0.370 e. The first-order valence-corrected chi connectivity index (χ1v) is 4.75. The summed E-state index contributed by atoms with van der Waals surface area (Å²) in [5.74, 6) is 0. The van der Waals surface area contributed by atoms with Gasteiger partial charge in [0.25, 0.3) is 0 Å². The Hall–Kier alpha value is 0.700. The molecule has 2 aliphatic heterocycles. The normalized spacial score (nSPS) is 37.5. The zero-order valence-corrected chi connectivity index (χ0v) is 8.82. The summed E-state index contributed by atoms with van der Waals surface area (Å²) in [6.45, 7) is 1.52. The SMILES string of the molecule is POC(C1CO1)C(OP)C1CO1. The average molecular weight is 210 g/mol. The van der Waals surface area contributed by atoms with E-state index in [1.807, 2.05) is 0 Å². The van der Waals surface area contributed by atoms with Gasteiger partial charge in [0, 0.05) is 18.9 Å². The van der Waals surface area contributed by atoms with Gasteiger partial charge >= 0.3 is 0 Å². The molecule has 70 valence electrons. The summed E-state index contributed by atoms with van der Waals surface area (Å²) in [5.41, 5.74) is 0. The summed E-state index contributed by atoms with van der Waals surface area (Å²) >= 11 is 0. The molecule has 0 saturated carbocycles. The molecule has 6 heteroatoms. The van der Waals surface area contributed by atoms with Crippen molar-refractivity contribution in [1.82, 2.24) is 0 Å². The molecule has 0 spiro atoms. The predicted octanol–water partition coefficient (Wildman–Crippen LogP) is 0.135. The molecule has 0 bridgehead atoms. The first kappa shape index (κ1) is 9.26. The minimum Gasteiger partial charge on any atom is -0.370 e. The molecule has 2 rings (SSSR count). The fraction of sp³-hybridized carbons (Fsp3) is 1.00. The quantitative estimate of drug-likeness (QED) is 0.478. The first-order chi connectivity index (χ1) is 5.86. The summed E-state index contributed by atoms with van der Waals surface area (Å²) in [4.78, 5) is 0. The van der Waals surface area contributed by atoms with Crippen LogP contribution in [0.25, 0.3) is 0 Å². The molecule has 6 unspecified atom stereocenters. The van der Waals surface area contributed by atoms with E-state index in [9.17, 15) is 0 Å². The van der Waals surface area contributed by atoms with Crippen LogP contribution < -0.4 is 0 Å². The third-order valence-corrected chi connectivity index (χ3v) is 2.72. The Morgan fingerprint density at radius 1 is 1.00 bits per heavy atom. The van der Waals surface area contributed by atoms with Gasteiger partial charge in [-0.3, -0.25) is 0 Å². The van der Waals surface area contributed by atoms with Crippen LogP contribution in [-0.4, -0.2) is 37.6 Å². The van der Waals surface area contributed by atoms with Crippen molar-refractivity contribution < 1.29 is 18.5 Å². The van der Waals surface area contributed by atoms with Crippen LogP contribution in [0.5, 0.6) is 0 Å². The van der Waals surface area contributed by atoms with Crippen molar-refractivity contribution in [3.8, 4) is 0 Å². The highest BCUT2D eigenvalue weighted by Crippen LogP contribution is 2.31. The molecule has 6 atom stereocenters. The lowest BCUT2D eigenvalue weighted by molar-refractivity contribution is 0.0417. The second kappa shape index (κ2) is 3.83. The third kappa shape index (κ3) is 1.95. The van der Waals surface area contributed by atoms with Crippen LogP contribution >= 0.6 is 18.9 Å². The molecule has 0 aromatic heterocycles. The van der Waals surface area contributed by atoms with E-state index in [0.29, 0.717) is 0 Å². The van der Waals surface area contributed by atoms with Crippen LogP contribution in [0.4, 0.5) is 0 Å². The molecule has 2 aliphatic rings. The third-order valence-electron chi connectivity index (χ3n) is 2.09. The molecule has 0 aliphatic carbocycles. The van der Waals surface area contributed by atoms with E-state index in [2.05, 4.69) is 18.9 Å². The lowest BCUT2D eigenvalue weighted by Crippen LogP contribution is -2.36. The summed E-state index contributed by atoms with van der Waals surface area (Å²) in [6.07, 6.45) is 0.300. The van der Waals surface area contributed by atoms with E-state index in [-0.39, 0.29) is 24.4 Å². The van der Waals surface area contributed by atoms with Gasteiger partial charge < -0.3 is 18.5 Å². The van der Waals surface area contributed by atoms with Crippen LogP contribution in [-0.2, 0) is 18.5 Å². The second-order valence-electron chi connectivity index (χ2n) is 2.94. The Bertz CT molecular complexity index is 142. The van der Waals surface area contributed by atoms with Crippen molar-refractivity contribution in [3.05, 3.63) is 0 Å². The van der Waals surface area contributed by atoms with Crippen molar-refractivity contribution in [1.29, 1.82) is 0 Å². The first-order valence-electron chi connectivity index (χ1n) is 3.81. The molecular formula is C6H12O4P2. The summed E-state index contributed by atoms with van der Waals surface area (Å²) < 4.78 is 20.7. The molecule has 2 heterocycles. The van der Waals surface area contributed by atoms with E-state index in [4.69, 9.17) is 18.5 Å². The fourth-order valence-electron chi connectivity index (χ4n) is 1.24. The molecule has 0 aromatic rings. The predicted molar refractivity (Wildman–Crippen MR) is 48.6 cm³/mol. The van der Waals surface area contributed by atoms with Crippen LogP contribution in [0.15, 0.2) is 0 Å². The highest BCUT2D eigenvalue weighted by atomic mass is 31.0. The van der Waals surface area contributed by atoms with Gasteiger partial charge in [-0.05, 0) is 0 Å². The highest BCUT2D eigenvalue weighted by Gasteiger charge is 2.46. The Kier molecular flexibility index (Phi) is 2.96. The number of rotatable bonds is 5. The van der Waals surface area contributed by atoms with Crippen LogP contribution in [0.3, 0.4) is 0 Å². The fourth-order valence-corrected chi connectivity index (χ4v) is 1.90. The van der Waals surface area contributed by atoms with Gasteiger partial charge in [0.05, 0.1) is 13.2 Å². The van der Waals surface area contributed by atoms with Gasteiger partial charge in [-0.1, -0.05) is 0 Å². The number of ether oxygens (including phenoxy) is 2. The molecule has 0 amide bonds. The molecule has 2 saturated heterocycles. The van der Waals surface area contributed by atoms with Gasteiger partial charge in [0.15, 0.2) is 0 Å². The zero-order chi connectivity index (χ0) is 8.55. The van der Waals surface area contributed by atoms with Crippen molar-refractivity contribution >= 4 is 18.9 Å². The van der Waals surface area contributed by atoms with Gasteiger partial charge in [-0.25, -0.2) is 0 Å². The van der Waals surface area contributed by atoms with E-state index in [1.54, 1.807) is 0 Å². The van der Waals surface area contributed by atoms with E-state index >= 15 is 0 Å². The summed E-state index contributed by atoms with van der Waals surface area (Å²) in [6, 6.07) is 0. The smallest absolute Gasteiger partial charge is 0.118 e. The lowest BCUT2D eigenvalue weighted by atomic mass is 10.1. The monoisotopic (exact) mass is 210 g/mol. The van der Waals surface area contributed by atoms with Crippen LogP contribution in [0, 0.1) is 0 Å². The topological polar surface area (TPSA) is 43.5 Å². The number of epoxide rings is 2. The Morgan fingerprint density at radius 3 is 1.50 bits per heavy atom. The second-order valence-corrected chi connectivity index (χ2v) is 3.49. The number of hydrogen-bond acceptors (Lipinski definition) is 4. The van der Waals surface area contributed by atoms with E-state index in [0.717, 1.165) is 13.2 Å². The summed E-state index contributed by atoms with van der Waals surface area (Å²) in [7, 11) is 4.50. The number of hydrogen-bond donors (Lipinski definition) is 0. The van der Waals surface area contributed by atoms with E-state index in [1.165, 1.54) is 0 Å². The maximum atomic E-state index is 5.20. The Balaban J connectivity index is 1.91.